The molecule has 0 aromatic heterocycles. The fourth-order valence-corrected chi connectivity index (χ4v) is 5.74. The van der Waals surface area contributed by atoms with E-state index in [-0.39, 0.29) is 38.6 Å². The van der Waals surface area contributed by atoms with Crippen LogP contribution in [0.15, 0.2) is 24.3 Å². The molecule has 1 unspecified atom stereocenters. The van der Waals surface area contributed by atoms with Crippen LogP contribution in [0.5, 0.6) is 5.75 Å². The molecule has 1 fully saturated rings. The molecule has 29 heavy (non-hydrogen) atoms. The monoisotopic (exact) mass is 446 g/mol. The molecule has 0 bridgehead atoms. The Labute approximate surface area is 171 Å². The summed E-state index contributed by atoms with van der Waals surface area (Å²) in [6.07, 6.45) is 0.889. The summed E-state index contributed by atoms with van der Waals surface area (Å²) in [6, 6.07) is 6.66. The number of sulfonamides is 1. The summed E-state index contributed by atoms with van der Waals surface area (Å²) in [4.78, 5) is 12.4. The number of amides is 1. The molecule has 1 amide bonds. The molecule has 1 atom stereocenters. The smallest absolute Gasteiger partial charge is 0.304 e. The number of ether oxygens (including phenoxy) is 1. The predicted molar refractivity (Wildman–Crippen MR) is 108 cm³/mol. The van der Waals surface area contributed by atoms with Crippen LogP contribution in [0, 0.1) is 0 Å². The minimum atomic E-state index is -3.97. The van der Waals surface area contributed by atoms with Crippen molar-refractivity contribution in [3.8, 4) is 5.75 Å². The van der Waals surface area contributed by atoms with Crippen molar-refractivity contribution in [2.24, 2.45) is 0 Å². The van der Waals surface area contributed by atoms with E-state index in [1.807, 2.05) is 6.92 Å². The van der Waals surface area contributed by atoms with Crippen molar-refractivity contribution >= 4 is 31.8 Å². The van der Waals surface area contributed by atoms with Gasteiger partial charge in [-0.2, -0.15) is 17.0 Å². The maximum Gasteiger partial charge on any atom is 0.304 e. The Kier molecular flexibility index (Phi) is 6.36. The molecular weight excluding hydrogens is 420 g/mol. The molecule has 0 spiro atoms. The molecule has 2 aliphatic heterocycles. The number of hydrogen-bond acceptors (Lipinski definition) is 6. The number of para-hydroxylation sites is 2. The third kappa shape index (κ3) is 4.65. The zero-order valence-corrected chi connectivity index (χ0v) is 18.1. The van der Waals surface area contributed by atoms with Gasteiger partial charge in [-0.25, -0.2) is 12.7 Å². The number of carbonyl (C=O) groups excluding carboxylic acids is 1. The highest BCUT2D eigenvalue weighted by molar-refractivity contribution is 7.90. The Balaban J connectivity index is 1.84. The molecule has 1 aromatic carbocycles. The maximum atomic E-state index is 13.3. The van der Waals surface area contributed by atoms with Crippen LogP contribution < -0.4 is 14.4 Å². The van der Waals surface area contributed by atoms with Gasteiger partial charge in [0, 0.05) is 32.7 Å². The Morgan fingerprint density at radius 1 is 1.10 bits per heavy atom. The van der Waals surface area contributed by atoms with Gasteiger partial charge in [-0.15, -0.1) is 0 Å². The van der Waals surface area contributed by atoms with Crippen LogP contribution in [-0.4, -0.2) is 83.0 Å². The molecular formula is C17H26N4O6S2. The molecule has 1 N–H and O–H groups in total. The van der Waals surface area contributed by atoms with Crippen LogP contribution in [0.1, 0.15) is 13.3 Å². The van der Waals surface area contributed by atoms with E-state index in [0.29, 0.717) is 18.0 Å². The number of rotatable bonds is 6. The van der Waals surface area contributed by atoms with Crippen LogP contribution in [-0.2, 0) is 25.0 Å². The van der Waals surface area contributed by atoms with E-state index in [0.717, 1.165) is 12.7 Å². The van der Waals surface area contributed by atoms with Crippen LogP contribution >= 0.6 is 0 Å². The Hall–Kier alpha value is -1.89. The highest BCUT2D eigenvalue weighted by Crippen LogP contribution is 2.36. The Morgan fingerprint density at radius 3 is 2.34 bits per heavy atom. The molecule has 12 heteroatoms. The minimum absolute atomic E-state index is 0.0433. The van der Waals surface area contributed by atoms with Crippen LogP contribution in [0.25, 0.3) is 0 Å². The van der Waals surface area contributed by atoms with E-state index in [4.69, 9.17) is 4.74 Å². The summed E-state index contributed by atoms with van der Waals surface area (Å²) in [5, 5.41) is 2.73. The summed E-state index contributed by atoms with van der Waals surface area (Å²) >= 11 is 0. The third-order valence-electron chi connectivity index (χ3n) is 4.85. The molecule has 0 aliphatic carbocycles. The number of nitrogens with zero attached hydrogens (tertiary/aromatic N) is 3. The van der Waals surface area contributed by atoms with Gasteiger partial charge in [0.15, 0.2) is 6.10 Å². The fraction of sp³-hybridized carbons (Fsp3) is 0.588. The van der Waals surface area contributed by atoms with E-state index < -0.39 is 26.3 Å². The second-order valence-corrected chi connectivity index (χ2v) is 10.8. The second-order valence-electron chi connectivity index (χ2n) is 6.97. The largest absolute Gasteiger partial charge is 0.476 e. The van der Waals surface area contributed by atoms with Gasteiger partial charge in [-0.3, -0.25) is 4.79 Å². The summed E-state index contributed by atoms with van der Waals surface area (Å²) < 4.78 is 59.5. The highest BCUT2D eigenvalue weighted by Gasteiger charge is 2.40. The zero-order chi connectivity index (χ0) is 21.2. The average Bonchev–Trinajstić information content (AvgIpc) is 2.70. The average molecular weight is 447 g/mol. The number of piperazine rings is 1. The molecule has 10 nitrogen and oxygen atoms in total. The Morgan fingerprint density at radius 2 is 1.72 bits per heavy atom. The standard InChI is InChI=1S/C17H26N4O6S2/c1-3-8-18-17(22)16-13-21(14-6-4-5-7-15(14)27-16)29(25,26)20-11-9-19(10-12-20)28(2,23)24/h4-7,16H,3,8-13H2,1-2H3,(H,18,22). The molecule has 2 heterocycles. The Bertz CT molecular complexity index is 958. The minimum Gasteiger partial charge on any atom is -0.476 e. The third-order valence-corrected chi connectivity index (χ3v) is 8.07. The van der Waals surface area contributed by atoms with E-state index in [1.54, 1.807) is 24.3 Å². The normalized spacial score (nSPS) is 21.3. The van der Waals surface area contributed by atoms with Crippen molar-refractivity contribution in [1.29, 1.82) is 0 Å². The first-order chi connectivity index (χ1) is 13.6. The van der Waals surface area contributed by atoms with Crippen molar-refractivity contribution in [1.82, 2.24) is 13.9 Å². The van der Waals surface area contributed by atoms with Crippen molar-refractivity contribution in [3.05, 3.63) is 24.3 Å². The van der Waals surface area contributed by atoms with Crippen molar-refractivity contribution in [2.75, 3.05) is 49.8 Å². The summed E-state index contributed by atoms with van der Waals surface area (Å²) in [7, 11) is -7.34. The first kappa shape index (κ1) is 21.8. The first-order valence-corrected chi connectivity index (χ1v) is 12.7. The summed E-state index contributed by atoms with van der Waals surface area (Å²) in [5.41, 5.74) is 0.359. The molecule has 162 valence electrons. The summed E-state index contributed by atoms with van der Waals surface area (Å²) in [5.74, 6) is -0.0582. The first-order valence-electron chi connectivity index (χ1n) is 9.41. The van der Waals surface area contributed by atoms with Crippen molar-refractivity contribution < 1.29 is 26.4 Å². The number of anilines is 1. The number of benzene rings is 1. The van der Waals surface area contributed by atoms with Crippen LogP contribution in [0.3, 0.4) is 0 Å². The molecule has 0 saturated carbocycles. The maximum absolute atomic E-state index is 13.3. The lowest BCUT2D eigenvalue weighted by Crippen LogP contribution is -2.57. The van der Waals surface area contributed by atoms with Gasteiger partial charge in [-0.05, 0) is 18.6 Å². The van der Waals surface area contributed by atoms with Gasteiger partial charge in [0.25, 0.3) is 5.91 Å². The topological polar surface area (TPSA) is 116 Å². The van der Waals surface area contributed by atoms with Gasteiger partial charge < -0.3 is 10.1 Å². The van der Waals surface area contributed by atoms with Gasteiger partial charge in [0.2, 0.25) is 10.0 Å². The second kappa shape index (κ2) is 8.46. The molecule has 1 saturated heterocycles. The number of fused-ring (bicyclic) bond motifs is 1. The van der Waals surface area contributed by atoms with Crippen molar-refractivity contribution in [2.45, 2.75) is 19.4 Å². The lowest BCUT2D eigenvalue weighted by atomic mass is 10.2. The van der Waals surface area contributed by atoms with E-state index in [9.17, 15) is 21.6 Å². The quantitative estimate of drug-likeness (QED) is 0.636. The van der Waals surface area contributed by atoms with E-state index >= 15 is 0 Å². The molecule has 3 rings (SSSR count). The van der Waals surface area contributed by atoms with Gasteiger partial charge in [0.05, 0.1) is 18.5 Å². The lowest BCUT2D eigenvalue weighted by Gasteiger charge is -2.39. The van der Waals surface area contributed by atoms with Gasteiger partial charge in [-0.1, -0.05) is 19.1 Å². The van der Waals surface area contributed by atoms with E-state index in [1.165, 1.54) is 12.9 Å². The van der Waals surface area contributed by atoms with Crippen LogP contribution in [0.2, 0.25) is 0 Å². The van der Waals surface area contributed by atoms with E-state index in [2.05, 4.69) is 5.32 Å². The summed E-state index contributed by atoms with van der Waals surface area (Å²) in [6.45, 7) is 2.50. The predicted octanol–water partition coefficient (Wildman–Crippen LogP) is -0.398. The SMILES string of the molecule is CCCNC(=O)C1CN(S(=O)(=O)N2CCN(S(C)(=O)=O)CC2)c2ccccc2O1. The number of hydrogen-bond donors (Lipinski definition) is 1. The van der Waals surface area contributed by atoms with Crippen LogP contribution in [0.4, 0.5) is 5.69 Å². The molecule has 2 aliphatic rings. The lowest BCUT2D eigenvalue weighted by molar-refractivity contribution is -0.127. The molecule has 1 aromatic rings. The van der Waals surface area contributed by atoms with Gasteiger partial charge >= 0.3 is 10.2 Å². The highest BCUT2D eigenvalue weighted by atomic mass is 32.2. The van der Waals surface area contributed by atoms with Crippen molar-refractivity contribution in [3.63, 3.8) is 0 Å². The number of nitrogens with one attached hydrogen (secondary N) is 1. The van der Waals surface area contributed by atoms with Gasteiger partial charge in [0.1, 0.15) is 5.75 Å². The fourth-order valence-electron chi connectivity index (χ4n) is 3.29. The molecule has 0 radical (unpaired) electrons. The number of carbonyl (C=O) groups is 1. The zero-order valence-electron chi connectivity index (χ0n) is 16.4.